The van der Waals surface area contributed by atoms with Crippen molar-refractivity contribution in [3.8, 4) is 0 Å². The van der Waals surface area contributed by atoms with Crippen LogP contribution >= 0.6 is 15.9 Å². The molecule has 56 valence electrons. The number of aryl methyl sites for hydroxylation is 1. The molecule has 0 unspecified atom stereocenters. The third kappa shape index (κ3) is 0.939. The maximum absolute atomic E-state index is 4.15. The van der Waals surface area contributed by atoms with E-state index >= 15 is 0 Å². The number of nitrogens with zero attached hydrogens (tertiary/aromatic N) is 3. The van der Waals surface area contributed by atoms with E-state index in [2.05, 4.69) is 26.0 Å². The molecule has 0 aliphatic carbocycles. The smallest absolute Gasteiger partial charge is 0.102 e. The fraction of sp³-hybridized carbons (Fsp3) is 0.143. The molecule has 2 aromatic heterocycles. The van der Waals surface area contributed by atoms with Crippen LogP contribution in [0.1, 0.15) is 5.69 Å². The maximum Gasteiger partial charge on any atom is 0.102 e. The number of rotatable bonds is 0. The van der Waals surface area contributed by atoms with E-state index < -0.39 is 0 Å². The molecule has 0 spiro atoms. The molecule has 4 heteroatoms. The predicted molar refractivity (Wildman–Crippen MR) is 45.4 cm³/mol. The van der Waals surface area contributed by atoms with Crippen molar-refractivity contribution in [2.24, 2.45) is 0 Å². The van der Waals surface area contributed by atoms with Gasteiger partial charge in [-0.05, 0) is 22.9 Å². The lowest BCUT2D eigenvalue weighted by atomic mass is 10.4. The molecule has 0 bridgehead atoms. The molecular formula is C7H6BrN3. The summed E-state index contributed by atoms with van der Waals surface area (Å²) in [4.78, 5) is 4.15. The van der Waals surface area contributed by atoms with Crippen LogP contribution in [0.25, 0.3) is 5.52 Å². The van der Waals surface area contributed by atoms with E-state index in [1.54, 1.807) is 16.9 Å². The summed E-state index contributed by atoms with van der Waals surface area (Å²) in [7, 11) is 0. The average molecular weight is 212 g/mol. The second kappa shape index (κ2) is 2.30. The molecule has 2 rings (SSSR count). The fourth-order valence-electron chi connectivity index (χ4n) is 1.06. The number of aromatic nitrogens is 3. The summed E-state index contributed by atoms with van der Waals surface area (Å²) >= 11 is 3.39. The van der Waals surface area contributed by atoms with Gasteiger partial charge < -0.3 is 0 Å². The minimum absolute atomic E-state index is 0.983. The van der Waals surface area contributed by atoms with E-state index in [0.29, 0.717) is 0 Å². The van der Waals surface area contributed by atoms with Gasteiger partial charge in [0.1, 0.15) is 5.52 Å². The van der Waals surface area contributed by atoms with Gasteiger partial charge in [-0.3, -0.25) is 4.98 Å². The summed E-state index contributed by atoms with van der Waals surface area (Å²) in [5.74, 6) is 0. The van der Waals surface area contributed by atoms with Crippen molar-refractivity contribution in [3.05, 3.63) is 28.8 Å². The Hall–Kier alpha value is -0.900. The van der Waals surface area contributed by atoms with Gasteiger partial charge in [0.2, 0.25) is 0 Å². The first-order valence-electron chi connectivity index (χ1n) is 3.23. The Kier molecular flexibility index (Phi) is 1.42. The first-order chi connectivity index (χ1) is 5.29. The molecule has 0 atom stereocenters. The van der Waals surface area contributed by atoms with Gasteiger partial charge in [-0.15, -0.1) is 0 Å². The van der Waals surface area contributed by atoms with Crippen LogP contribution in [-0.2, 0) is 0 Å². The third-order valence-electron chi connectivity index (χ3n) is 1.57. The van der Waals surface area contributed by atoms with E-state index in [-0.39, 0.29) is 0 Å². The first kappa shape index (κ1) is 6.79. The van der Waals surface area contributed by atoms with Crippen molar-refractivity contribution in [1.82, 2.24) is 14.6 Å². The van der Waals surface area contributed by atoms with Crippen LogP contribution in [0, 0.1) is 6.92 Å². The summed E-state index contributed by atoms with van der Waals surface area (Å²) in [5, 5.41) is 4.11. The van der Waals surface area contributed by atoms with E-state index in [9.17, 15) is 0 Å². The van der Waals surface area contributed by atoms with Gasteiger partial charge >= 0.3 is 0 Å². The topological polar surface area (TPSA) is 30.2 Å². The van der Waals surface area contributed by atoms with Crippen LogP contribution in [0.4, 0.5) is 0 Å². The lowest BCUT2D eigenvalue weighted by Crippen LogP contribution is -1.90. The third-order valence-corrected chi connectivity index (χ3v) is 2.15. The molecule has 0 saturated heterocycles. The van der Waals surface area contributed by atoms with Crippen molar-refractivity contribution < 1.29 is 0 Å². The van der Waals surface area contributed by atoms with E-state index in [0.717, 1.165) is 15.7 Å². The van der Waals surface area contributed by atoms with Crippen LogP contribution in [0.3, 0.4) is 0 Å². The van der Waals surface area contributed by atoms with Crippen LogP contribution < -0.4 is 0 Å². The predicted octanol–water partition coefficient (Wildman–Crippen LogP) is 1.80. The number of fused-ring (bicyclic) bond motifs is 1. The summed E-state index contributed by atoms with van der Waals surface area (Å²) in [6, 6.07) is 0. The molecule has 0 aliphatic rings. The molecule has 0 aliphatic heterocycles. The second-order valence-corrected chi connectivity index (χ2v) is 3.15. The Balaban J connectivity index is 2.96. The highest BCUT2D eigenvalue weighted by atomic mass is 79.9. The Labute approximate surface area is 72.2 Å². The molecule has 2 heterocycles. The largest absolute Gasteiger partial charge is 0.258 e. The maximum atomic E-state index is 4.15. The monoisotopic (exact) mass is 211 g/mol. The molecule has 0 amide bonds. The van der Waals surface area contributed by atoms with Crippen LogP contribution in [0.2, 0.25) is 0 Å². The molecule has 11 heavy (non-hydrogen) atoms. The molecule has 0 saturated carbocycles. The van der Waals surface area contributed by atoms with E-state index in [1.807, 2.05) is 13.1 Å². The van der Waals surface area contributed by atoms with Gasteiger partial charge in [-0.1, -0.05) is 0 Å². The average Bonchev–Trinajstić information content (AvgIpc) is 2.34. The van der Waals surface area contributed by atoms with Crippen molar-refractivity contribution >= 4 is 21.4 Å². The van der Waals surface area contributed by atoms with Gasteiger partial charge in [0, 0.05) is 12.4 Å². The minimum atomic E-state index is 0.983. The normalized spacial score (nSPS) is 10.7. The highest BCUT2D eigenvalue weighted by Crippen LogP contribution is 2.18. The lowest BCUT2D eigenvalue weighted by Gasteiger charge is -1.94. The Bertz CT molecular complexity index is 393. The van der Waals surface area contributed by atoms with Gasteiger partial charge in [0.15, 0.2) is 0 Å². The van der Waals surface area contributed by atoms with E-state index in [4.69, 9.17) is 0 Å². The van der Waals surface area contributed by atoms with Crippen molar-refractivity contribution in [2.45, 2.75) is 6.92 Å². The van der Waals surface area contributed by atoms with Gasteiger partial charge in [-0.25, -0.2) is 4.52 Å². The van der Waals surface area contributed by atoms with Crippen molar-refractivity contribution in [1.29, 1.82) is 0 Å². The molecule has 0 fully saturated rings. The quantitative estimate of drug-likeness (QED) is 0.666. The molecule has 0 aromatic carbocycles. The number of hydrogen-bond acceptors (Lipinski definition) is 2. The zero-order chi connectivity index (χ0) is 7.84. The Morgan fingerprint density at radius 3 is 3.09 bits per heavy atom. The van der Waals surface area contributed by atoms with Crippen LogP contribution in [0.5, 0.6) is 0 Å². The van der Waals surface area contributed by atoms with Gasteiger partial charge in [0.05, 0.1) is 16.4 Å². The number of hydrogen-bond donors (Lipinski definition) is 0. The van der Waals surface area contributed by atoms with Crippen molar-refractivity contribution in [3.63, 3.8) is 0 Å². The van der Waals surface area contributed by atoms with Crippen molar-refractivity contribution in [2.75, 3.05) is 0 Å². The van der Waals surface area contributed by atoms with Crippen LogP contribution in [0.15, 0.2) is 23.1 Å². The lowest BCUT2D eigenvalue weighted by molar-refractivity contribution is 0.934. The fourth-order valence-corrected chi connectivity index (χ4v) is 1.62. The number of halogens is 1. The summed E-state index contributed by atoms with van der Waals surface area (Å²) in [6.45, 7) is 1.96. The molecule has 0 N–H and O–H groups in total. The Morgan fingerprint density at radius 1 is 1.55 bits per heavy atom. The zero-order valence-corrected chi connectivity index (χ0v) is 7.54. The minimum Gasteiger partial charge on any atom is -0.258 e. The molecule has 0 radical (unpaired) electrons. The first-order valence-corrected chi connectivity index (χ1v) is 4.03. The standard InChI is InChI=1S/C7H6BrN3/c1-5-7-6(8)4-10-11(7)3-2-9-5/h2-4H,1H3. The van der Waals surface area contributed by atoms with Crippen LogP contribution in [-0.4, -0.2) is 14.6 Å². The SMILES string of the molecule is Cc1nccn2ncc(Br)c12. The molecule has 3 nitrogen and oxygen atoms in total. The van der Waals surface area contributed by atoms with E-state index in [1.165, 1.54) is 0 Å². The summed E-state index contributed by atoms with van der Waals surface area (Å²) in [6.07, 6.45) is 5.33. The Morgan fingerprint density at radius 2 is 2.36 bits per heavy atom. The van der Waals surface area contributed by atoms with Gasteiger partial charge in [0.25, 0.3) is 0 Å². The van der Waals surface area contributed by atoms with Gasteiger partial charge in [-0.2, -0.15) is 5.10 Å². The second-order valence-electron chi connectivity index (χ2n) is 2.30. The summed E-state index contributed by atoms with van der Waals surface area (Å²) < 4.78 is 2.79. The highest BCUT2D eigenvalue weighted by molar-refractivity contribution is 9.10. The highest BCUT2D eigenvalue weighted by Gasteiger charge is 2.02. The summed E-state index contributed by atoms with van der Waals surface area (Å²) in [5.41, 5.74) is 2.02. The molecule has 2 aromatic rings. The molecular weight excluding hydrogens is 206 g/mol. The zero-order valence-electron chi connectivity index (χ0n) is 5.95.